The number of nitrogens with zero attached hydrogens (tertiary/aromatic N) is 2. The Morgan fingerprint density at radius 3 is 2.39 bits per heavy atom. The molecule has 10 nitrogen and oxygen atoms in total. The number of benzene rings is 3. The molecule has 0 amide bonds. The van der Waals surface area contributed by atoms with Gasteiger partial charge in [-0.1, -0.05) is 59.9 Å². The van der Waals surface area contributed by atoms with Gasteiger partial charge >= 0.3 is 11.9 Å². The molecule has 11 heteroatoms. The van der Waals surface area contributed by atoms with E-state index in [0.29, 0.717) is 51.1 Å². The lowest BCUT2D eigenvalue weighted by molar-refractivity contribution is -0.143. The molecule has 0 N–H and O–H groups in total. The molecular formula is C35H34N2O8S. The van der Waals surface area contributed by atoms with Crippen LogP contribution in [0.15, 0.2) is 93.9 Å². The number of carbonyl (C=O) groups is 2. The van der Waals surface area contributed by atoms with Crippen molar-refractivity contribution >= 4 is 29.4 Å². The number of fused-ring (bicyclic) bond motifs is 1. The average molecular weight is 643 g/mol. The quantitative estimate of drug-likeness (QED) is 0.210. The van der Waals surface area contributed by atoms with E-state index in [9.17, 15) is 14.4 Å². The van der Waals surface area contributed by atoms with E-state index in [-0.39, 0.29) is 24.3 Å². The molecule has 3 aromatic carbocycles. The second kappa shape index (κ2) is 14.7. The van der Waals surface area contributed by atoms with Gasteiger partial charge in [0.2, 0.25) is 0 Å². The summed E-state index contributed by atoms with van der Waals surface area (Å²) >= 11 is 1.23. The van der Waals surface area contributed by atoms with Crippen molar-refractivity contribution in [2.75, 3.05) is 26.9 Å². The SMILES string of the molecule is CCOC(=O)C1=C(C)N=c2s/c(=C\c3ccc(OCc4ccccc4)cc3)c(=O)n2[C@@H]1c1ccc(OCC(=O)OC)c(OCC)c1. The summed E-state index contributed by atoms with van der Waals surface area (Å²) < 4.78 is 29.4. The van der Waals surface area contributed by atoms with Gasteiger partial charge in [0.1, 0.15) is 12.4 Å². The van der Waals surface area contributed by atoms with Crippen molar-refractivity contribution in [3.05, 3.63) is 120 Å². The molecule has 238 valence electrons. The molecule has 1 aromatic heterocycles. The van der Waals surface area contributed by atoms with Gasteiger partial charge in [0.25, 0.3) is 5.56 Å². The van der Waals surface area contributed by atoms with Crippen LogP contribution < -0.4 is 29.1 Å². The molecule has 1 aliphatic heterocycles. The highest BCUT2D eigenvalue weighted by atomic mass is 32.1. The highest BCUT2D eigenvalue weighted by Crippen LogP contribution is 2.36. The van der Waals surface area contributed by atoms with E-state index in [1.54, 1.807) is 38.1 Å². The number of carbonyl (C=O) groups excluding carboxylic acids is 2. The predicted octanol–water partition coefficient (Wildman–Crippen LogP) is 4.33. The van der Waals surface area contributed by atoms with Crippen LogP contribution in [0.25, 0.3) is 6.08 Å². The van der Waals surface area contributed by atoms with Crippen LogP contribution in [0.1, 0.15) is 43.5 Å². The number of esters is 2. The van der Waals surface area contributed by atoms with Gasteiger partial charge in [-0.2, -0.15) is 0 Å². The number of hydrogen-bond donors (Lipinski definition) is 0. The highest BCUT2D eigenvalue weighted by molar-refractivity contribution is 7.07. The Balaban J connectivity index is 1.53. The van der Waals surface area contributed by atoms with E-state index >= 15 is 0 Å². The Morgan fingerprint density at radius 2 is 1.70 bits per heavy atom. The minimum absolute atomic E-state index is 0.155. The summed E-state index contributed by atoms with van der Waals surface area (Å²) in [5, 5.41) is 0. The van der Waals surface area contributed by atoms with Crippen molar-refractivity contribution in [3.63, 3.8) is 0 Å². The highest BCUT2D eigenvalue weighted by Gasteiger charge is 2.34. The average Bonchev–Trinajstić information content (AvgIpc) is 3.37. The minimum Gasteiger partial charge on any atom is -0.490 e. The van der Waals surface area contributed by atoms with Crippen LogP contribution >= 0.6 is 11.3 Å². The zero-order valence-corrected chi connectivity index (χ0v) is 26.8. The number of allylic oxidation sites excluding steroid dienone is 1. The summed E-state index contributed by atoms with van der Waals surface area (Å²) in [4.78, 5) is 44.1. The molecule has 0 bridgehead atoms. The number of hydrogen-bond acceptors (Lipinski definition) is 10. The summed E-state index contributed by atoms with van der Waals surface area (Å²) in [5.41, 5.74) is 2.83. The molecule has 1 aliphatic rings. The van der Waals surface area contributed by atoms with E-state index in [4.69, 9.17) is 18.9 Å². The van der Waals surface area contributed by atoms with Crippen molar-refractivity contribution in [1.82, 2.24) is 4.57 Å². The lowest BCUT2D eigenvalue weighted by atomic mass is 9.95. The first-order valence-electron chi connectivity index (χ1n) is 14.8. The van der Waals surface area contributed by atoms with Crippen molar-refractivity contribution < 1.29 is 33.3 Å². The van der Waals surface area contributed by atoms with E-state index in [1.807, 2.05) is 61.5 Å². The Kier molecular flexibility index (Phi) is 10.3. The number of rotatable bonds is 12. The summed E-state index contributed by atoms with van der Waals surface area (Å²) in [6, 6.07) is 21.6. The van der Waals surface area contributed by atoms with Crippen LogP contribution in [0.2, 0.25) is 0 Å². The maximum Gasteiger partial charge on any atom is 0.343 e. The lowest BCUT2D eigenvalue weighted by Crippen LogP contribution is -2.40. The van der Waals surface area contributed by atoms with Crippen LogP contribution in [0, 0.1) is 0 Å². The van der Waals surface area contributed by atoms with Gasteiger partial charge in [-0.3, -0.25) is 9.36 Å². The normalized spacial score (nSPS) is 14.3. The van der Waals surface area contributed by atoms with Gasteiger partial charge in [-0.05, 0) is 67.8 Å². The Hall–Kier alpha value is -5.16. The molecule has 0 saturated heterocycles. The zero-order chi connectivity index (χ0) is 32.6. The van der Waals surface area contributed by atoms with Crippen LogP contribution in [0.3, 0.4) is 0 Å². The molecule has 0 fully saturated rings. The molecule has 0 radical (unpaired) electrons. The van der Waals surface area contributed by atoms with Gasteiger partial charge in [-0.25, -0.2) is 14.6 Å². The first kappa shape index (κ1) is 32.2. The number of thiazole rings is 1. The zero-order valence-electron chi connectivity index (χ0n) is 26.0. The van der Waals surface area contributed by atoms with Crippen LogP contribution in [0.5, 0.6) is 17.2 Å². The first-order valence-corrected chi connectivity index (χ1v) is 15.6. The number of aromatic nitrogens is 1. The van der Waals surface area contributed by atoms with Crippen molar-refractivity contribution in [3.8, 4) is 17.2 Å². The van der Waals surface area contributed by atoms with Gasteiger partial charge < -0.3 is 23.7 Å². The third-order valence-corrected chi connectivity index (χ3v) is 8.08. The Labute approximate surface area is 269 Å². The van der Waals surface area contributed by atoms with Crippen molar-refractivity contribution in [2.45, 2.75) is 33.4 Å². The minimum atomic E-state index is -0.847. The molecule has 0 saturated carbocycles. The largest absolute Gasteiger partial charge is 0.490 e. The van der Waals surface area contributed by atoms with E-state index in [0.717, 1.165) is 11.1 Å². The summed E-state index contributed by atoms with van der Waals surface area (Å²) in [6.07, 6.45) is 1.79. The standard InChI is InChI=1S/C35H34N2O8S/c1-5-42-28-19-25(14-17-27(28)45-21-30(38)41-4)32-31(34(40)43-6-2)22(3)36-35-37(32)33(39)29(46-35)18-23-12-15-26(16-13-23)44-20-24-10-8-7-9-11-24/h7-19,32H,5-6,20-21H2,1-4H3/b29-18-/t32-/m1/s1. The maximum atomic E-state index is 14.0. The molecular weight excluding hydrogens is 608 g/mol. The number of methoxy groups -OCH3 is 1. The van der Waals surface area contributed by atoms with Gasteiger partial charge in [0.05, 0.1) is 42.2 Å². The van der Waals surface area contributed by atoms with Crippen molar-refractivity contribution in [2.24, 2.45) is 4.99 Å². The Morgan fingerprint density at radius 1 is 0.935 bits per heavy atom. The van der Waals surface area contributed by atoms with Crippen LogP contribution in [0.4, 0.5) is 0 Å². The maximum absolute atomic E-state index is 14.0. The summed E-state index contributed by atoms with van der Waals surface area (Å²) in [5.74, 6) is 0.256. The fourth-order valence-corrected chi connectivity index (χ4v) is 5.98. The molecule has 4 aromatic rings. The van der Waals surface area contributed by atoms with Gasteiger partial charge in [0, 0.05) is 0 Å². The second-order valence-corrected chi connectivity index (χ2v) is 11.2. The van der Waals surface area contributed by atoms with E-state index < -0.39 is 18.0 Å². The first-order chi connectivity index (χ1) is 22.3. The van der Waals surface area contributed by atoms with Crippen LogP contribution in [-0.4, -0.2) is 43.4 Å². The number of ether oxygens (including phenoxy) is 5. The van der Waals surface area contributed by atoms with Crippen molar-refractivity contribution in [1.29, 1.82) is 0 Å². The van der Waals surface area contributed by atoms with E-state index in [1.165, 1.54) is 23.0 Å². The molecule has 5 rings (SSSR count). The molecule has 2 heterocycles. The molecule has 1 atom stereocenters. The molecule has 0 unspecified atom stereocenters. The third kappa shape index (κ3) is 7.21. The smallest absolute Gasteiger partial charge is 0.343 e. The monoisotopic (exact) mass is 642 g/mol. The van der Waals surface area contributed by atoms with Crippen LogP contribution in [-0.2, 0) is 25.7 Å². The summed E-state index contributed by atoms with van der Waals surface area (Å²) in [6.45, 7) is 5.87. The fraction of sp³-hybridized carbons (Fsp3) is 0.257. The summed E-state index contributed by atoms with van der Waals surface area (Å²) in [7, 11) is 1.27. The molecule has 46 heavy (non-hydrogen) atoms. The van der Waals surface area contributed by atoms with E-state index in [2.05, 4.69) is 9.73 Å². The lowest BCUT2D eigenvalue weighted by Gasteiger charge is -2.25. The fourth-order valence-electron chi connectivity index (χ4n) is 4.94. The second-order valence-electron chi connectivity index (χ2n) is 10.1. The molecule has 0 aliphatic carbocycles. The van der Waals surface area contributed by atoms with Gasteiger partial charge in [-0.15, -0.1) is 0 Å². The van der Waals surface area contributed by atoms with Gasteiger partial charge in [0.15, 0.2) is 22.9 Å². The Bertz CT molecular complexity index is 1930. The predicted molar refractivity (Wildman–Crippen MR) is 173 cm³/mol. The topological polar surface area (TPSA) is 115 Å². The molecule has 0 spiro atoms. The third-order valence-electron chi connectivity index (χ3n) is 7.10.